The number of halogens is 1. The van der Waals surface area contributed by atoms with E-state index in [0.29, 0.717) is 6.54 Å². The lowest BCUT2D eigenvalue weighted by Crippen LogP contribution is -2.37. The van der Waals surface area contributed by atoms with Crippen molar-refractivity contribution in [1.82, 2.24) is 9.67 Å². The molecule has 0 aromatic carbocycles. The Morgan fingerprint density at radius 3 is 2.86 bits per heavy atom. The van der Waals surface area contributed by atoms with Crippen LogP contribution in [0, 0.1) is 5.21 Å². The highest BCUT2D eigenvalue weighted by molar-refractivity contribution is 9.10. The van der Waals surface area contributed by atoms with Gasteiger partial charge in [0.05, 0.1) is 5.69 Å². The van der Waals surface area contributed by atoms with Gasteiger partial charge in [0.25, 0.3) is 0 Å². The Labute approximate surface area is 89.5 Å². The van der Waals surface area contributed by atoms with Crippen LogP contribution in [-0.2, 0) is 6.54 Å². The number of hydrogen-bond donors (Lipinski definition) is 0. The number of nitrogens with zero attached hydrogens (tertiary/aromatic N) is 3. The Morgan fingerprint density at radius 2 is 2.29 bits per heavy atom. The van der Waals surface area contributed by atoms with E-state index in [9.17, 15) is 5.21 Å². The van der Waals surface area contributed by atoms with Crippen LogP contribution >= 0.6 is 15.9 Å². The second-order valence-corrected chi connectivity index (χ2v) is 3.63. The summed E-state index contributed by atoms with van der Waals surface area (Å²) in [5.74, 6) is 0. The second-order valence-electron chi connectivity index (χ2n) is 2.82. The van der Waals surface area contributed by atoms with Crippen molar-refractivity contribution in [2.75, 3.05) is 0 Å². The smallest absolute Gasteiger partial charge is 0.210 e. The molecule has 2 heterocycles. The lowest BCUT2D eigenvalue weighted by molar-refractivity contribution is -0.694. The van der Waals surface area contributed by atoms with E-state index in [-0.39, 0.29) is 0 Å². The maximum Gasteiger partial charge on any atom is 0.210 e. The van der Waals surface area contributed by atoms with Crippen molar-refractivity contribution >= 4 is 15.9 Å². The lowest BCUT2D eigenvalue weighted by atomic mass is 10.3. The van der Waals surface area contributed by atoms with Crippen LogP contribution < -0.4 is 4.85 Å². The van der Waals surface area contributed by atoms with E-state index in [1.165, 1.54) is 6.20 Å². The van der Waals surface area contributed by atoms with Crippen LogP contribution in [0.25, 0.3) is 0 Å². The van der Waals surface area contributed by atoms with Gasteiger partial charge < -0.3 is 5.21 Å². The van der Waals surface area contributed by atoms with Crippen LogP contribution in [0.4, 0.5) is 0 Å². The van der Waals surface area contributed by atoms with Gasteiger partial charge in [-0.1, -0.05) is 10.9 Å². The van der Waals surface area contributed by atoms with Crippen molar-refractivity contribution in [1.29, 1.82) is 0 Å². The van der Waals surface area contributed by atoms with Gasteiger partial charge in [0.2, 0.25) is 6.20 Å². The van der Waals surface area contributed by atoms with Gasteiger partial charge in [0.15, 0.2) is 0 Å². The molecule has 0 aliphatic rings. The van der Waals surface area contributed by atoms with Crippen LogP contribution in [0.5, 0.6) is 0 Å². The number of aromatic nitrogens is 3. The Bertz CT molecular complexity index is 407. The summed E-state index contributed by atoms with van der Waals surface area (Å²) in [6.45, 7) is 0.470. The molecule has 2 rings (SSSR count). The Morgan fingerprint density at radius 1 is 1.43 bits per heavy atom. The third-order valence-electron chi connectivity index (χ3n) is 1.86. The Kier molecular flexibility index (Phi) is 2.49. The summed E-state index contributed by atoms with van der Waals surface area (Å²) < 4.78 is 2.29. The zero-order valence-electron chi connectivity index (χ0n) is 7.30. The molecule has 0 radical (unpaired) electrons. The summed E-state index contributed by atoms with van der Waals surface area (Å²) in [4.78, 5) is 4.92. The second kappa shape index (κ2) is 3.79. The molecule has 0 saturated carbocycles. The summed E-state index contributed by atoms with van der Waals surface area (Å²) in [7, 11) is 0. The highest BCUT2D eigenvalue weighted by atomic mass is 79.9. The molecule has 0 saturated heterocycles. The molecule has 0 amide bonds. The van der Waals surface area contributed by atoms with Gasteiger partial charge in [-0.25, -0.2) is 0 Å². The molecule has 0 unspecified atom stereocenters. The standard InChI is InChI=1S/C9H8BrN3O/c10-9-4-6-13(14)12(9)7-8-3-1-2-5-11-8/h1-6H,7H2. The predicted molar refractivity (Wildman–Crippen MR) is 54.4 cm³/mol. The summed E-state index contributed by atoms with van der Waals surface area (Å²) in [6, 6.07) is 7.33. The first-order chi connectivity index (χ1) is 6.77. The average molecular weight is 254 g/mol. The van der Waals surface area contributed by atoms with E-state index in [1.807, 2.05) is 18.2 Å². The van der Waals surface area contributed by atoms with E-state index < -0.39 is 0 Å². The van der Waals surface area contributed by atoms with Gasteiger partial charge in [-0.2, -0.15) is 0 Å². The largest absolute Gasteiger partial charge is 0.596 e. The van der Waals surface area contributed by atoms with Crippen molar-refractivity contribution in [2.24, 2.45) is 0 Å². The SMILES string of the molecule is [O-][n+]1ccc(Br)n1Cc1ccccn1. The first-order valence-electron chi connectivity index (χ1n) is 4.12. The third kappa shape index (κ3) is 1.77. The van der Waals surface area contributed by atoms with Crippen molar-refractivity contribution in [2.45, 2.75) is 6.54 Å². The molecule has 14 heavy (non-hydrogen) atoms. The lowest BCUT2D eigenvalue weighted by Gasteiger charge is -2.03. The monoisotopic (exact) mass is 253 g/mol. The molecular formula is C9H8BrN3O. The zero-order chi connectivity index (χ0) is 9.97. The maximum atomic E-state index is 11.3. The molecule has 0 N–H and O–H groups in total. The molecule has 0 aliphatic carbocycles. The van der Waals surface area contributed by atoms with Gasteiger partial charge in [-0.05, 0) is 28.1 Å². The topological polar surface area (TPSA) is 44.8 Å². The van der Waals surface area contributed by atoms with E-state index >= 15 is 0 Å². The van der Waals surface area contributed by atoms with Crippen LogP contribution in [0.2, 0.25) is 0 Å². The Hall–Kier alpha value is -1.36. The van der Waals surface area contributed by atoms with Crippen molar-refractivity contribution in [3.63, 3.8) is 0 Å². The fourth-order valence-electron chi connectivity index (χ4n) is 1.18. The maximum absolute atomic E-state index is 11.3. The highest BCUT2D eigenvalue weighted by Gasteiger charge is 2.08. The van der Waals surface area contributed by atoms with Gasteiger partial charge in [-0.15, -0.1) is 4.68 Å². The van der Waals surface area contributed by atoms with Crippen LogP contribution in [0.15, 0.2) is 41.3 Å². The molecule has 72 valence electrons. The van der Waals surface area contributed by atoms with E-state index in [2.05, 4.69) is 20.9 Å². The molecule has 2 aromatic rings. The minimum absolute atomic E-state index is 0.470. The summed E-state index contributed by atoms with van der Waals surface area (Å²) in [5, 5.41) is 11.3. The normalized spacial score (nSPS) is 10.4. The minimum atomic E-state index is 0.470. The molecule has 0 bridgehead atoms. The molecule has 2 aromatic heterocycles. The minimum Gasteiger partial charge on any atom is -0.596 e. The number of hydrogen-bond acceptors (Lipinski definition) is 2. The van der Waals surface area contributed by atoms with Crippen LogP contribution in [-0.4, -0.2) is 9.67 Å². The molecule has 0 spiro atoms. The summed E-state index contributed by atoms with van der Waals surface area (Å²) in [5.41, 5.74) is 0.856. The van der Waals surface area contributed by atoms with Gasteiger partial charge in [0.1, 0.15) is 11.1 Å². The number of pyridine rings is 1. The fourth-order valence-corrected chi connectivity index (χ4v) is 1.58. The van der Waals surface area contributed by atoms with Gasteiger partial charge >= 0.3 is 0 Å². The molecule has 0 fully saturated rings. The molecule has 4 nitrogen and oxygen atoms in total. The molecule has 0 atom stereocenters. The first-order valence-corrected chi connectivity index (χ1v) is 4.91. The van der Waals surface area contributed by atoms with Gasteiger partial charge in [0, 0.05) is 12.3 Å². The predicted octanol–water partition coefficient (Wildman–Crippen LogP) is 1.33. The third-order valence-corrected chi connectivity index (χ3v) is 2.54. The van der Waals surface area contributed by atoms with E-state index in [1.54, 1.807) is 16.9 Å². The number of rotatable bonds is 2. The van der Waals surface area contributed by atoms with Crippen molar-refractivity contribution in [3.8, 4) is 0 Å². The Balaban J connectivity index is 2.27. The van der Waals surface area contributed by atoms with Crippen molar-refractivity contribution < 1.29 is 4.85 Å². The highest BCUT2D eigenvalue weighted by Crippen LogP contribution is 2.08. The van der Waals surface area contributed by atoms with E-state index in [0.717, 1.165) is 15.1 Å². The van der Waals surface area contributed by atoms with Crippen LogP contribution in [0.3, 0.4) is 0 Å². The molecular weight excluding hydrogens is 246 g/mol. The quantitative estimate of drug-likeness (QED) is 0.599. The zero-order valence-corrected chi connectivity index (χ0v) is 8.89. The summed E-state index contributed by atoms with van der Waals surface area (Å²) >= 11 is 3.29. The van der Waals surface area contributed by atoms with Crippen molar-refractivity contribution in [3.05, 3.63) is 52.2 Å². The van der Waals surface area contributed by atoms with Gasteiger partial charge in [-0.3, -0.25) is 4.98 Å². The molecule has 0 aliphatic heterocycles. The average Bonchev–Trinajstić information content (AvgIpc) is 2.51. The summed E-state index contributed by atoms with van der Waals surface area (Å²) in [6.07, 6.45) is 3.16. The van der Waals surface area contributed by atoms with Crippen LogP contribution in [0.1, 0.15) is 5.69 Å². The first kappa shape index (κ1) is 9.21. The fraction of sp³-hybridized carbons (Fsp3) is 0.111. The van der Waals surface area contributed by atoms with E-state index in [4.69, 9.17) is 0 Å². The molecule has 5 heteroatoms.